The summed E-state index contributed by atoms with van der Waals surface area (Å²) in [5, 5.41) is 62.4. The highest BCUT2D eigenvalue weighted by atomic mass is 32.2. The van der Waals surface area contributed by atoms with E-state index in [0.717, 1.165) is 70.5 Å². The Morgan fingerprint density at radius 1 is 0.740 bits per heavy atom. The molecule has 12 heteroatoms. The van der Waals surface area contributed by atoms with Crippen LogP contribution in [0, 0.1) is 5.92 Å². The zero-order chi connectivity index (χ0) is 36.6. The van der Waals surface area contributed by atoms with Gasteiger partial charge in [0, 0.05) is 27.7 Å². The number of unbranched alkanes of at least 4 members (excludes halogenated alkanes) is 18. The summed E-state index contributed by atoms with van der Waals surface area (Å²) >= 11 is 0. The molecule has 0 aromatic carbocycles. The molecule has 6 unspecified atom stereocenters. The van der Waals surface area contributed by atoms with Crippen molar-refractivity contribution in [3.8, 4) is 0 Å². The third kappa shape index (κ3) is 19.1. The van der Waals surface area contributed by atoms with Crippen LogP contribution < -0.4 is 0 Å². The van der Waals surface area contributed by atoms with Gasteiger partial charge in [-0.1, -0.05) is 129 Å². The van der Waals surface area contributed by atoms with Gasteiger partial charge in [-0.2, -0.15) is 0 Å². The van der Waals surface area contributed by atoms with Gasteiger partial charge < -0.3 is 44.8 Å². The van der Waals surface area contributed by atoms with Crippen molar-refractivity contribution in [1.29, 1.82) is 0 Å². The lowest BCUT2D eigenvalue weighted by molar-refractivity contribution is -0.302. The minimum absolute atomic E-state index is 0.335. The third-order valence-electron chi connectivity index (χ3n) is 10.4. The van der Waals surface area contributed by atoms with Crippen molar-refractivity contribution in [2.45, 2.75) is 197 Å². The molecule has 11 nitrogen and oxygen atoms in total. The van der Waals surface area contributed by atoms with Gasteiger partial charge in [0.05, 0.1) is 32.5 Å². The third-order valence-corrected chi connectivity index (χ3v) is 12.1. The molecule has 2 saturated heterocycles. The van der Waals surface area contributed by atoms with Gasteiger partial charge in [-0.05, 0) is 19.3 Å². The van der Waals surface area contributed by atoms with Crippen LogP contribution in [0.2, 0.25) is 0 Å². The molecule has 2 fully saturated rings. The molecule has 2 aliphatic heterocycles. The van der Waals surface area contributed by atoms with Gasteiger partial charge in [0.2, 0.25) is 0 Å². The van der Waals surface area contributed by atoms with Crippen LogP contribution in [0.5, 0.6) is 0 Å². The molecule has 0 radical (unpaired) electrons. The van der Waals surface area contributed by atoms with Gasteiger partial charge in [-0.3, -0.25) is 4.21 Å². The number of rotatable bonds is 31. The van der Waals surface area contributed by atoms with E-state index < -0.39 is 65.3 Å². The summed E-state index contributed by atoms with van der Waals surface area (Å²) in [6, 6.07) is -1.07. The molecule has 9 atom stereocenters. The monoisotopic (exact) mass is 738 g/mol. The summed E-state index contributed by atoms with van der Waals surface area (Å²) in [4.78, 5) is 0. The average molecular weight is 738 g/mol. The second-order valence-electron chi connectivity index (χ2n) is 15.1. The second-order valence-corrected chi connectivity index (χ2v) is 17.7. The summed E-state index contributed by atoms with van der Waals surface area (Å²) in [6.45, 7) is 3.16. The Hall–Kier alpha value is -0.410. The zero-order valence-electron chi connectivity index (χ0n) is 31.5. The summed E-state index contributed by atoms with van der Waals surface area (Å²) in [7, 11) is -2.74. The Kier molecular flexibility index (Phi) is 24.9. The van der Waals surface area contributed by atoms with Crippen molar-refractivity contribution in [1.82, 2.24) is 0 Å². The molecule has 298 valence electrons. The van der Waals surface area contributed by atoms with Crippen LogP contribution in [0.25, 0.3) is 0 Å². The topological polar surface area (TPSA) is 178 Å². The van der Waals surface area contributed by atoms with Crippen LogP contribution in [0.1, 0.15) is 148 Å². The highest BCUT2D eigenvalue weighted by Crippen LogP contribution is 2.24. The van der Waals surface area contributed by atoms with E-state index in [4.69, 9.17) is 14.2 Å². The van der Waals surface area contributed by atoms with Gasteiger partial charge in [-0.25, -0.2) is 4.36 Å². The Morgan fingerprint density at radius 2 is 1.26 bits per heavy atom. The Balaban J connectivity index is 1.81. The van der Waals surface area contributed by atoms with Crippen molar-refractivity contribution in [2.75, 3.05) is 38.4 Å². The van der Waals surface area contributed by atoms with E-state index in [1.54, 1.807) is 6.26 Å². The van der Waals surface area contributed by atoms with Gasteiger partial charge in [0.25, 0.3) is 0 Å². The lowest BCUT2D eigenvalue weighted by atomic mass is 9.99. The number of aliphatic hydroxyl groups excluding tert-OH is 6. The van der Waals surface area contributed by atoms with E-state index >= 15 is 0 Å². The molecule has 2 rings (SSSR count). The molecule has 0 amide bonds. The van der Waals surface area contributed by atoms with E-state index in [-0.39, 0.29) is 6.61 Å². The highest BCUT2D eigenvalue weighted by Gasteiger charge is 2.44. The Morgan fingerprint density at radius 3 is 1.78 bits per heavy atom. The summed E-state index contributed by atoms with van der Waals surface area (Å²) < 4.78 is 34.5. The summed E-state index contributed by atoms with van der Waals surface area (Å²) in [6.07, 6.45) is 16.6. The summed E-state index contributed by atoms with van der Waals surface area (Å²) in [5.41, 5.74) is 0. The lowest BCUT2D eigenvalue weighted by Gasteiger charge is -2.40. The first-order chi connectivity index (χ1) is 24.1. The second kappa shape index (κ2) is 27.2. The first-order valence-electron chi connectivity index (χ1n) is 20.1. The fourth-order valence-electron chi connectivity index (χ4n) is 6.87. The quantitative estimate of drug-likeness (QED) is 0.0516. The largest absolute Gasteiger partial charge is 0.394 e. The van der Waals surface area contributed by atoms with Crippen molar-refractivity contribution < 1.29 is 49.1 Å². The number of hydrogen-bond donors (Lipinski definition) is 6. The van der Waals surface area contributed by atoms with Crippen molar-refractivity contribution in [2.24, 2.45) is 10.3 Å². The van der Waals surface area contributed by atoms with Crippen LogP contribution in [0.4, 0.5) is 0 Å². The molecule has 0 aromatic rings. The van der Waals surface area contributed by atoms with Gasteiger partial charge in [-0.15, -0.1) is 0 Å². The zero-order valence-corrected chi connectivity index (χ0v) is 32.3. The molecule has 2 aliphatic rings. The Bertz CT molecular complexity index is 945. The molecule has 0 aromatic heterocycles. The average Bonchev–Trinajstić information content (AvgIpc) is 3.07. The van der Waals surface area contributed by atoms with Gasteiger partial charge in [0.1, 0.15) is 36.6 Å². The molecule has 50 heavy (non-hydrogen) atoms. The molecular weight excluding hydrogens is 662 g/mol. The molecule has 0 spiro atoms. The van der Waals surface area contributed by atoms with E-state index in [1.807, 2.05) is 0 Å². The van der Waals surface area contributed by atoms with Crippen molar-refractivity contribution in [3.05, 3.63) is 0 Å². The number of hydrogen-bond acceptors (Lipinski definition) is 11. The Labute approximate surface area is 304 Å². The fourth-order valence-corrected chi connectivity index (χ4v) is 8.47. The van der Waals surface area contributed by atoms with E-state index in [2.05, 4.69) is 11.3 Å². The van der Waals surface area contributed by atoms with Gasteiger partial charge in [0.15, 0.2) is 6.29 Å². The van der Waals surface area contributed by atoms with E-state index in [0.29, 0.717) is 12.2 Å². The molecular formula is C38H75NO10S. The molecule has 0 saturated carbocycles. The molecule has 6 N–H and O–H groups in total. The van der Waals surface area contributed by atoms with Crippen LogP contribution in [0.3, 0.4) is 0 Å². The molecule has 2 heterocycles. The van der Waals surface area contributed by atoms with Gasteiger partial charge >= 0.3 is 0 Å². The predicted octanol–water partition coefficient (Wildman–Crippen LogP) is 5.24. The molecule has 0 aliphatic carbocycles. The van der Waals surface area contributed by atoms with Crippen molar-refractivity contribution >= 4 is 9.73 Å². The smallest absolute Gasteiger partial charge is 0.186 e. The number of aliphatic hydroxyl groups is 6. The first kappa shape index (κ1) is 45.7. The van der Waals surface area contributed by atoms with E-state index in [9.17, 15) is 34.8 Å². The highest BCUT2D eigenvalue weighted by molar-refractivity contribution is 7.92. The normalized spacial score (nSPS) is 25.9. The van der Waals surface area contributed by atoms with Crippen molar-refractivity contribution in [3.63, 3.8) is 0 Å². The standard InChI is InChI=1S/C38H75NO10S/c1-3-4-5-6-7-8-9-10-11-15-18-21-24-32(41)34(42)31(29-48-38-37(45)36(44)35(43)33(26-40)49-38)39-50(2,46)25-22-19-16-13-12-14-17-20-23-30-27-47-28-30/h30-38,40-45H,3-29H2,1-2H3/t31-,32+,33?,34-,35?,36?,37?,38?,50?/m0/s1. The van der Waals surface area contributed by atoms with Crippen LogP contribution in [-0.4, -0.2) is 122 Å². The number of nitrogens with zero attached hydrogens (tertiary/aromatic N) is 1. The van der Waals surface area contributed by atoms with Crippen LogP contribution in [0.15, 0.2) is 4.36 Å². The molecule has 0 bridgehead atoms. The van der Waals surface area contributed by atoms with E-state index in [1.165, 1.54) is 83.5 Å². The minimum atomic E-state index is -2.74. The fraction of sp³-hybridized carbons (Fsp3) is 1.00. The maximum Gasteiger partial charge on any atom is 0.186 e. The maximum atomic E-state index is 13.6. The van der Waals surface area contributed by atoms with Crippen LogP contribution in [-0.2, 0) is 23.9 Å². The lowest BCUT2D eigenvalue weighted by Crippen LogP contribution is -2.59. The number of ether oxygens (including phenoxy) is 3. The van der Waals surface area contributed by atoms with Crippen LogP contribution >= 0.6 is 0 Å². The SMILES string of the molecule is CCCCCCCCCCCCCC[C@@H](O)[C@@H](O)[C@H](COC1OC(CO)C(O)C(O)C1O)N=S(C)(=O)CCCCCCCCCCC1COC1. The maximum absolute atomic E-state index is 13.6. The first-order valence-corrected chi connectivity index (χ1v) is 22.2. The predicted molar refractivity (Wildman–Crippen MR) is 198 cm³/mol. The minimum Gasteiger partial charge on any atom is -0.394 e. The summed E-state index contributed by atoms with van der Waals surface area (Å²) in [5.74, 6) is 1.13.